The summed E-state index contributed by atoms with van der Waals surface area (Å²) in [5.41, 5.74) is -0.465. The lowest BCUT2D eigenvalue weighted by molar-refractivity contribution is -0.353. The molecule has 0 aromatic rings. The second kappa shape index (κ2) is 5.34. The molecule has 4 rings (SSSR count). The fourth-order valence-corrected chi connectivity index (χ4v) is 4.17. The Morgan fingerprint density at radius 2 is 1.91 bits per heavy atom. The van der Waals surface area contributed by atoms with Crippen molar-refractivity contribution in [2.24, 2.45) is 11.3 Å². The van der Waals surface area contributed by atoms with Crippen molar-refractivity contribution in [3.63, 3.8) is 0 Å². The zero-order valence-electron chi connectivity index (χ0n) is 13.5. The molecule has 1 saturated carbocycles. The van der Waals surface area contributed by atoms with Gasteiger partial charge in [-0.25, -0.2) is 0 Å². The minimum absolute atomic E-state index is 0.0757. The molecule has 3 aliphatic carbocycles. The monoisotopic (exact) mass is 328 g/mol. The van der Waals surface area contributed by atoms with Crippen molar-refractivity contribution in [1.82, 2.24) is 0 Å². The molecule has 130 valence electrons. The molecule has 0 radical (unpaired) electrons. The van der Waals surface area contributed by atoms with Gasteiger partial charge in [0, 0.05) is 11.3 Å². The van der Waals surface area contributed by atoms with Crippen LogP contribution >= 0.6 is 0 Å². The molecule has 2 fully saturated rings. The number of fused-ring (bicyclic) bond motifs is 1. The molecule has 4 aliphatic rings. The standard InChI is InChI=1S/C16H24O7/c1-7-4-9(18)8-5-16(7,15(8,2)3)23-14-13(21)12(20)11(19)10(6-17)22-14/h4,8,10-14,17,19-21H,5-6H2,1-3H3/t8-,10-,11-,12+,13-,14+,16-/m1/s1. The van der Waals surface area contributed by atoms with Crippen LogP contribution in [0.4, 0.5) is 0 Å². The molecular weight excluding hydrogens is 304 g/mol. The van der Waals surface area contributed by atoms with Gasteiger partial charge in [-0.3, -0.25) is 4.79 Å². The number of hydrogen-bond acceptors (Lipinski definition) is 7. The van der Waals surface area contributed by atoms with Crippen molar-refractivity contribution < 1.29 is 34.7 Å². The van der Waals surface area contributed by atoms with Crippen molar-refractivity contribution >= 4 is 5.78 Å². The zero-order valence-corrected chi connectivity index (χ0v) is 13.5. The minimum atomic E-state index is -1.48. The third-order valence-electron chi connectivity index (χ3n) is 5.91. The first-order valence-electron chi connectivity index (χ1n) is 7.86. The van der Waals surface area contributed by atoms with Crippen LogP contribution < -0.4 is 0 Å². The number of carbonyl (C=O) groups is 1. The molecular formula is C16H24O7. The summed E-state index contributed by atoms with van der Waals surface area (Å²) in [6.45, 7) is 5.16. The van der Waals surface area contributed by atoms with Gasteiger partial charge >= 0.3 is 0 Å². The van der Waals surface area contributed by atoms with Crippen molar-refractivity contribution in [3.05, 3.63) is 11.6 Å². The van der Waals surface area contributed by atoms with Gasteiger partial charge in [0.2, 0.25) is 0 Å². The lowest BCUT2D eigenvalue weighted by Gasteiger charge is -2.64. The van der Waals surface area contributed by atoms with Crippen LogP contribution in [0.25, 0.3) is 0 Å². The van der Waals surface area contributed by atoms with Gasteiger partial charge < -0.3 is 29.9 Å². The number of aliphatic hydroxyl groups is 4. The van der Waals surface area contributed by atoms with E-state index in [4.69, 9.17) is 9.47 Å². The Morgan fingerprint density at radius 1 is 1.26 bits per heavy atom. The number of aliphatic hydroxyl groups excluding tert-OH is 4. The van der Waals surface area contributed by atoms with E-state index in [2.05, 4.69) is 0 Å². The second-order valence-electron chi connectivity index (χ2n) is 7.35. The number of allylic oxidation sites excluding steroid dienone is 1. The molecule has 0 unspecified atom stereocenters. The first-order valence-corrected chi connectivity index (χ1v) is 7.86. The number of hydrogen-bond donors (Lipinski definition) is 4. The Balaban J connectivity index is 1.86. The summed E-state index contributed by atoms with van der Waals surface area (Å²) < 4.78 is 11.5. The number of ether oxygens (including phenoxy) is 2. The van der Waals surface area contributed by atoms with E-state index in [9.17, 15) is 25.2 Å². The predicted octanol–water partition coefficient (Wildman–Crippen LogP) is -0.883. The van der Waals surface area contributed by atoms with E-state index in [0.717, 1.165) is 5.57 Å². The topological polar surface area (TPSA) is 116 Å². The van der Waals surface area contributed by atoms with E-state index in [1.165, 1.54) is 0 Å². The van der Waals surface area contributed by atoms with E-state index in [1.54, 1.807) is 13.0 Å². The highest BCUT2D eigenvalue weighted by Gasteiger charge is 2.67. The summed E-state index contributed by atoms with van der Waals surface area (Å²) in [5.74, 6) is -0.0668. The molecule has 1 aliphatic heterocycles. The number of rotatable bonds is 3. The summed E-state index contributed by atoms with van der Waals surface area (Å²) in [6.07, 6.45) is -4.48. The molecule has 0 aromatic carbocycles. The summed E-state index contributed by atoms with van der Waals surface area (Å²) in [4.78, 5) is 12.0. The predicted molar refractivity (Wildman–Crippen MR) is 78.2 cm³/mol. The molecule has 7 atom stereocenters. The first kappa shape index (κ1) is 17.0. The van der Waals surface area contributed by atoms with Gasteiger partial charge in [0.15, 0.2) is 12.1 Å². The van der Waals surface area contributed by atoms with Crippen LogP contribution in [0.1, 0.15) is 27.2 Å². The van der Waals surface area contributed by atoms with Crippen molar-refractivity contribution in [3.8, 4) is 0 Å². The fraction of sp³-hybridized carbons (Fsp3) is 0.812. The van der Waals surface area contributed by atoms with Crippen LogP contribution in [0.3, 0.4) is 0 Å². The molecule has 1 heterocycles. The molecule has 7 heteroatoms. The van der Waals surface area contributed by atoms with E-state index >= 15 is 0 Å². The molecule has 0 aromatic heterocycles. The van der Waals surface area contributed by atoms with Crippen LogP contribution in [0.2, 0.25) is 0 Å². The van der Waals surface area contributed by atoms with Crippen LogP contribution in [-0.4, -0.2) is 69.1 Å². The smallest absolute Gasteiger partial charge is 0.187 e. The maximum atomic E-state index is 12.0. The SMILES string of the molecule is CC1=CC(=O)[C@H]2C[C@]1(O[C@@H]1O[C@H](CO)[C@@H](O)[C@H](O)[C@H]1O)C2(C)C. The van der Waals surface area contributed by atoms with Gasteiger partial charge in [-0.05, 0) is 25.0 Å². The Labute approximate surface area is 134 Å². The lowest BCUT2D eigenvalue weighted by atomic mass is 9.45. The molecule has 0 spiro atoms. The summed E-state index contributed by atoms with van der Waals surface area (Å²) in [5, 5.41) is 39.2. The second-order valence-corrected chi connectivity index (χ2v) is 7.35. The van der Waals surface area contributed by atoms with Crippen LogP contribution in [0.5, 0.6) is 0 Å². The quantitative estimate of drug-likeness (QED) is 0.531. The highest BCUT2D eigenvalue weighted by Crippen LogP contribution is 2.63. The summed E-state index contributed by atoms with van der Waals surface area (Å²) >= 11 is 0. The lowest BCUT2D eigenvalue weighted by Crippen LogP contribution is -2.70. The minimum Gasteiger partial charge on any atom is -0.394 e. The summed E-state index contributed by atoms with van der Waals surface area (Å²) in [6, 6.07) is 0. The third-order valence-corrected chi connectivity index (χ3v) is 5.91. The van der Waals surface area contributed by atoms with Crippen LogP contribution in [-0.2, 0) is 14.3 Å². The largest absolute Gasteiger partial charge is 0.394 e. The Hall–Kier alpha value is -0.830. The van der Waals surface area contributed by atoms with Gasteiger partial charge in [0.05, 0.1) is 12.2 Å². The third kappa shape index (κ3) is 2.15. The van der Waals surface area contributed by atoms with E-state index in [0.29, 0.717) is 6.42 Å². The van der Waals surface area contributed by atoms with E-state index in [-0.39, 0.29) is 11.7 Å². The van der Waals surface area contributed by atoms with E-state index < -0.39 is 48.3 Å². The Morgan fingerprint density at radius 3 is 2.43 bits per heavy atom. The maximum absolute atomic E-state index is 12.0. The number of ketones is 1. The van der Waals surface area contributed by atoms with Gasteiger partial charge in [-0.2, -0.15) is 0 Å². The average molecular weight is 328 g/mol. The molecule has 0 amide bonds. The maximum Gasteiger partial charge on any atom is 0.187 e. The van der Waals surface area contributed by atoms with Gasteiger partial charge in [-0.1, -0.05) is 13.8 Å². The average Bonchev–Trinajstić information content (AvgIpc) is 2.49. The highest BCUT2D eigenvalue weighted by atomic mass is 16.7. The van der Waals surface area contributed by atoms with Crippen molar-refractivity contribution in [2.75, 3.05) is 6.61 Å². The van der Waals surface area contributed by atoms with Crippen molar-refractivity contribution in [2.45, 2.75) is 63.5 Å². The molecule has 1 saturated heterocycles. The molecule has 2 bridgehead atoms. The molecule has 4 N–H and O–H groups in total. The highest BCUT2D eigenvalue weighted by molar-refractivity contribution is 5.97. The normalized spacial score (nSPS) is 48.7. The first-order chi connectivity index (χ1) is 10.7. The zero-order chi connectivity index (χ0) is 17.2. The van der Waals surface area contributed by atoms with Gasteiger partial charge in [0.1, 0.15) is 24.4 Å². The van der Waals surface area contributed by atoms with Crippen LogP contribution in [0.15, 0.2) is 11.6 Å². The van der Waals surface area contributed by atoms with Crippen molar-refractivity contribution in [1.29, 1.82) is 0 Å². The fourth-order valence-electron chi connectivity index (χ4n) is 4.17. The molecule has 23 heavy (non-hydrogen) atoms. The number of carbonyl (C=O) groups excluding carboxylic acids is 1. The molecule has 7 nitrogen and oxygen atoms in total. The van der Waals surface area contributed by atoms with Gasteiger partial charge in [-0.15, -0.1) is 0 Å². The Bertz CT molecular complexity index is 541. The van der Waals surface area contributed by atoms with Gasteiger partial charge in [0.25, 0.3) is 0 Å². The van der Waals surface area contributed by atoms with E-state index in [1.807, 2.05) is 13.8 Å². The van der Waals surface area contributed by atoms with Crippen LogP contribution in [0, 0.1) is 11.3 Å². The Kier molecular flexibility index (Phi) is 3.95. The summed E-state index contributed by atoms with van der Waals surface area (Å²) in [7, 11) is 0.